The van der Waals surface area contributed by atoms with E-state index in [-0.39, 0.29) is 0 Å². The normalized spacial score (nSPS) is 17.7. The topological polar surface area (TPSA) is 81.5 Å². The molecule has 1 fully saturated rings. The fourth-order valence-electron chi connectivity index (χ4n) is 3.08. The standard InChI is InChI=1S/C16H16N6/c17-9-14-4-1-5-15(10-18)16(14)21-7-2-3-13(11-21)12-22-8-6-19-20-22/h1,4-6,8,13H,2-3,7,11-12H2. The van der Waals surface area contributed by atoms with Crippen molar-refractivity contribution in [2.75, 3.05) is 18.0 Å². The molecule has 2 aromatic rings. The van der Waals surface area contributed by atoms with Crippen LogP contribution >= 0.6 is 0 Å². The van der Waals surface area contributed by atoms with E-state index in [0.717, 1.165) is 38.2 Å². The van der Waals surface area contributed by atoms with E-state index in [0.29, 0.717) is 17.0 Å². The summed E-state index contributed by atoms with van der Waals surface area (Å²) in [7, 11) is 0. The predicted octanol–water partition coefficient (Wildman–Crippen LogP) is 1.94. The second-order valence-corrected chi connectivity index (χ2v) is 5.50. The number of hydrogen-bond acceptors (Lipinski definition) is 5. The Bertz CT molecular complexity index is 690. The number of benzene rings is 1. The molecule has 1 aromatic carbocycles. The van der Waals surface area contributed by atoms with Crippen LogP contribution in [-0.2, 0) is 6.54 Å². The fraction of sp³-hybridized carbons (Fsp3) is 0.375. The van der Waals surface area contributed by atoms with Gasteiger partial charge in [-0.25, -0.2) is 0 Å². The molecule has 110 valence electrons. The number of nitrogens with zero attached hydrogens (tertiary/aromatic N) is 6. The SMILES string of the molecule is N#Cc1cccc(C#N)c1N1CCCC(Cn2ccnn2)C1. The third kappa shape index (κ3) is 2.77. The Morgan fingerprint density at radius 1 is 1.23 bits per heavy atom. The Morgan fingerprint density at radius 3 is 2.64 bits per heavy atom. The van der Waals surface area contributed by atoms with E-state index in [1.165, 1.54) is 0 Å². The molecule has 6 heteroatoms. The number of nitriles is 2. The molecule has 3 rings (SSSR count). The van der Waals surface area contributed by atoms with Gasteiger partial charge in [0.05, 0.1) is 23.0 Å². The first-order valence-corrected chi connectivity index (χ1v) is 7.34. The van der Waals surface area contributed by atoms with Crippen LogP contribution in [0, 0.1) is 28.6 Å². The van der Waals surface area contributed by atoms with Crippen LogP contribution in [0.2, 0.25) is 0 Å². The van der Waals surface area contributed by atoms with Crippen LogP contribution in [-0.4, -0.2) is 28.1 Å². The molecule has 0 amide bonds. The van der Waals surface area contributed by atoms with Crippen LogP contribution in [0.5, 0.6) is 0 Å². The summed E-state index contributed by atoms with van der Waals surface area (Å²) in [6.07, 6.45) is 5.71. The van der Waals surface area contributed by atoms with Crippen molar-refractivity contribution in [2.24, 2.45) is 5.92 Å². The molecule has 0 N–H and O–H groups in total. The molecular formula is C16H16N6. The summed E-state index contributed by atoms with van der Waals surface area (Å²) in [5, 5.41) is 26.5. The van der Waals surface area contributed by atoms with Crippen molar-refractivity contribution < 1.29 is 0 Å². The third-order valence-electron chi connectivity index (χ3n) is 4.03. The van der Waals surface area contributed by atoms with E-state index in [9.17, 15) is 10.5 Å². The Balaban J connectivity index is 1.83. The minimum atomic E-state index is 0.439. The molecule has 1 aliphatic heterocycles. The molecule has 0 saturated carbocycles. The van der Waals surface area contributed by atoms with Gasteiger partial charge in [-0.05, 0) is 30.9 Å². The lowest BCUT2D eigenvalue weighted by atomic mass is 9.96. The average molecular weight is 292 g/mol. The highest BCUT2D eigenvalue weighted by atomic mass is 15.4. The van der Waals surface area contributed by atoms with Crippen molar-refractivity contribution in [1.29, 1.82) is 10.5 Å². The van der Waals surface area contributed by atoms with Crippen LogP contribution < -0.4 is 4.90 Å². The highest BCUT2D eigenvalue weighted by Crippen LogP contribution is 2.29. The van der Waals surface area contributed by atoms with Gasteiger partial charge in [0, 0.05) is 25.8 Å². The number of rotatable bonds is 3. The summed E-state index contributed by atoms with van der Waals surface area (Å²) in [5.74, 6) is 0.439. The van der Waals surface area contributed by atoms with E-state index < -0.39 is 0 Å². The Labute approximate surface area is 129 Å². The van der Waals surface area contributed by atoms with Gasteiger partial charge in [0.15, 0.2) is 0 Å². The van der Waals surface area contributed by atoms with Gasteiger partial charge in [0.25, 0.3) is 0 Å². The number of piperidine rings is 1. The summed E-state index contributed by atoms with van der Waals surface area (Å²) in [6, 6.07) is 9.73. The second kappa shape index (κ2) is 6.28. The summed E-state index contributed by atoms with van der Waals surface area (Å²) >= 11 is 0. The first-order chi connectivity index (χ1) is 10.8. The lowest BCUT2D eigenvalue weighted by molar-refractivity contribution is 0.348. The van der Waals surface area contributed by atoms with Crippen molar-refractivity contribution in [3.8, 4) is 12.1 Å². The molecule has 2 heterocycles. The lowest BCUT2D eigenvalue weighted by Crippen LogP contribution is -2.38. The Hall–Kier alpha value is -2.86. The van der Waals surface area contributed by atoms with Crippen LogP contribution in [0.25, 0.3) is 0 Å². The minimum Gasteiger partial charge on any atom is -0.369 e. The smallest absolute Gasteiger partial charge is 0.101 e. The van der Waals surface area contributed by atoms with E-state index in [2.05, 4.69) is 27.4 Å². The zero-order chi connectivity index (χ0) is 15.4. The van der Waals surface area contributed by atoms with Gasteiger partial charge in [0.1, 0.15) is 12.1 Å². The monoisotopic (exact) mass is 292 g/mol. The maximum atomic E-state index is 9.33. The summed E-state index contributed by atoms with van der Waals surface area (Å²) in [4.78, 5) is 2.17. The van der Waals surface area contributed by atoms with E-state index in [1.54, 1.807) is 24.4 Å². The first kappa shape index (κ1) is 14.1. The molecule has 1 saturated heterocycles. The summed E-state index contributed by atoms with van der Waals surface area (Å²) in [5.41, 5.74) is 1.91. The van der Waals surface area contributed by atoms with Crippen LogP contribution in [0.1, 0.15) is 24.0 Å². The molecule has 0 bridgehead atoms. The van der Waals surface area contributed by atoms with E-state index >= 15 is 0 Å². The van der Waals surface area contributed by atoms with Gasteiger partial charge in [-0.2, -0.15) is 10.5 Å². The Morgan fingerprint density at radius 2 is 2.00 bits per heavy atom. The summed E-state index contributed by atoms with van der Waals surface area (Å²) in [6.45, 7) is 2.52. The van der Waals surface area contributed by atoms with Crippen molar-refractivity contribution in [3.63, 3.8) is 0 Å². The zero-order valence-corrected chi connectivity index (χ0v) is 12.2. The Kier molecular flexibility index (Phi) is 4.02. The van der Waals surface area contributed by atoms with Crippen molar-refractivity contribution in [2.45, 2.75) is 19.4 Å². The maximum absolute atomic E-state index is 9.33. The van der Waals surface area contributed by atoms with E-state index in [1.807, 2.05) is 10.9 Å². The first-order valence-electron chi connectivity index (χ1n) is 7.34. The summed E-state index contributed by atoms with van der Waals surface area (Å²) < 4.78 is 1.84. The van der Waals surface area contributed by atoms with Crippen molar-refractivity contribution in [3.05, 3.63) is 41.7 Å². The molecule has 0 aliphatic carbocycles. The largest absolute Gasteiger partial charge is 0.369 e. The molecule has 1 aliphatic rings. The number of hydrogen-bond donors (Lipinski definition) is 0. The molecule has 0 radical (unpaired) electrons. The minimum absolute atomic E-state index is 0.439. The zero-order valence-electron chi connectivity index (χ0n) is 12.2. The van der Waals surface area contributed by atoms with Gasteiger partial charge in [-0.3, -0.25) is 4.68 Å². The number of para-hydroxylation sites is 1. The van der Waals surface area contributed by atoms with Crippen molar-refractivity contribution in [1.82, 2.24) is 15.0 Å². The van der Waals surface area contributed by atoms with E-state index in [4.69, 9.17) is 0 Å². The van der Waals surface area contributed by atoms with Gasteiger partial charge < -0.3 is 4.90 Å². The van der Waals surface area contributed by atoms with Crippen molar-refractivity contribution >= 4 is 5.69 Å². The second-order valence-electron chi connectivity index (χ2n) is 5.50. The van der Waals surface area contributed by atoms with Gasteiger partial charge in [-0.15, -0.1) is 5.10 Å². The predicted molar refractivity (Wildman–Crippen MR) is 80.8 cm³/mol. The molecule has 1 atom stereocenters. The molecule has 22 heavy (non-hydrogen) atoms. The molecule has 6 nitrogen and oxygen atoms in total. The van der Waals surface area contributed by atoms with Gasteiger partial charge in [0.2, 0.25) is 0 Å². The highest BCUT2D eigenvalue weighted by Gasteiger charge is 2.24. The molecular weight excluding hydrogens is 276 g/mol. The quantitative estimate of drug-likeness (QED) is 0.863. The molecule has 1 aromatic heterocycles. The highest BCUT2D eigenvalue weighted by molar-refractivity contribution is 5.68. The number of aromatic nitrogens is 3. The van der Waals surface area contributed by atoms with Gasteiger partial charge >= 0.3 is 0 Å². The molecule has 1 unspecified atom stereocenters. The lowest BCUT2D eigenvalue weighted by Gasteiger charge is -2.35. The van der Waals surface area contributed by atoms with Crippen LogP contribution in [0.15, 0.2) is 30.6 Å². The fourth-order valence-corrected chi connectivity index (χ4v) is 3.08. The number of anilines is 1. The average Bonchev–Trinajstić information content (AvgIpc) is 3.07. The van der Waals surface area contributed by atoms with Crippen LogP contribution in [0.3, 0.4) is 0 Å². The van der Waals surface area contributed by atoms with Gasteiger partial charge in [-0.1, -0.05) is 11.3 Å². The molecule has 0 spiro atoms. The third-order valence-corrected chi connectivity index (χ3v) is 4.03. The maximum Gasteiger partial charge on any atom is 0.101 e. The van der Waals surface area contributed by atoms with Crippen LogP contribution in [0.4, 0.5) is 5.69 Å².